The molecule has 0 spiro atoms. The number of anilines is 4. The van der Waals surface area contributed by atoms with Crippen molar-refractivity contribution in [3.8, 4) is 0 Å². The van der Waals surface area contributed by atoms with Gasteiger partial charge in [0.25, 0.3) is 0 Å². The lowest BCUT2D eigenvalue weighted by molar-refractivity contribution is 0.590. The minimum absolute atomic E-state index is 0.789. The van der Waals surface area contributed by atoms with Gasteiger partial charge in [-0.15, -0.1) is 0 Å². The van der Waals surface area contributed by atoms with E-state index in [0.717, 1.165) is 44.0 Å². The molecule has 1 aliphatic rings. The molecule has 4 aromatic carbocycles. The molecule has 1 aliphatic heterocycles. The van der Waals surface area contributed by atoms with Gasteiger partial charge < -0.3 is 18.9 Å². The summed E-state index contributed by atoms with van der Waals surface area (Å²) >= 11 is 0. The van der Waals surface area contributed by atoms with Gasteiger partial charge >= 0.3 is 0 Å². The summed E-state index contributed by atoms with van der Waals surface area (Å²) in [5, 5.41) is 3.16. The standard InChI is InChI=1S/C27H26N2O2P2/c1-28-20-12-4-8-16-24(20)32(30)25-17-9-5-13-21(25)29(2)23-15-7-11-19-27(23)33(3,31)26-18-10-6-14-22(26)28/h4-19,32H,1-3H3. The predicted molar refractivity (Wildman–Crippen MR) is 143 cm³/mol. The first-order valence-corrected chi connectivity index (χ1v) is 14.4. The number of fused-ring (bicyclic) bond motifs is 4. The molecule has 0 saturated carbocycles. The molecule has 0 aliphatic carbocycles. The van der Waals surface area contributed by atoms with Crippen LogP contribution in [0.25, 0.3) is 0 Å². The second-order valence-electron chi connectivity index (χ2n) is 8.38. The minimum Gasteiger partial charge on any atom is -0.343 e. The second kappa shape index (κ2) is 8.37. The molecule has 33 heavy (non-hydrogen) atoms. The Bertz CT molecular complexity index is 1330. The fourth-order valence-electron chi connectivity index (χ4n) is 4.67. The van der Waals surface area contributed by atoms with E-state index in [1.54, 1.807) is 0 Å². The highest BCUT2D eigenvalue weighted by molar-refractivity contribution is 7.78. The predicted octanol–water partition coefficient (Wildman–Crippen LogP) is 4.99. The van der Waals surface area contributed by atoms with Crippen LogP contribution in [0, 0.1) is 0 Å². The average Bonchev–Trinajstić information content (AvgIpc) is 2.87. The summed E-state index contributed by atoms with van der Waals surface area (Å²) in [6.07, 6.45) is 0. The van der Waals surface area contributed by atoms with Crippen LogP contribution >= 0.6 is 14.9 Å². The normalized spacial score (nSPS) is 19.9. The van der Waals surface area contributed by atoms with Crippen molar-refractivity contribution in [1.82, 2.24) is 0 Å². The molecule has 0 amide bonds. The molecule has 6 heteroatoms. The van der Waals surface area contributed by atoms with Crippen LogP contribution < -0.4 is 31.0 Å². The lowest BCUT2D eigenvalue weighted by Gasteiger charge is -2.31. The zero-order valence-electron chi connectivity index (χ0n) is 18.9. The molecule has 166 valence electrons. The smallest absolute Gasteiger partial charge is 0.144 e. The molecule has 0 saturated heterocycles. The summed E-state index contributed by atoms with van der Waals surface area (Å²) in [7, 11) is -1.39. The van der Waals surface area contributed by atoms with Crippen molar-refractivity contribution in [2.24, 2.45) is 0 Å². The van der Waals surface area contributed by atoms with Crippen LogP contribution in [-0.4, -0.2) is 20.8 Å². The van der Waals surface area contributed by atoms with Gasteiger partial charge in [0.05, 0.1) is 22.7 Å². The van der Waals surface area contributed by atoms with Crippen molar-refractivity contribution in [2.45, 2.75) is 0 Å². The van der Waals surface area contributed by atoms with Crippen LogP contribution in [0.15, 0.2) is 97.1 Å². The molecule has 1 heterocycles. The van der Waals surface area contributed by atoms with E-state index in [1.165, 1.54) is 0 Å². The maximum absolute atomic E-state index is 14.6. The number of rotatable bonds is 0. The van der Waals surface area contributed by atoms with Crippen molar-refractivity contribution < 1.29 is 9.13 Å². The van der Waals surface area contributed by atoms with Gasteiger partial charge in [-0.05, 0) is 55.2 Å². The van der Waals surface area contributed by atoms with Crippen molar-refractivity contribution >= 4 is 58.9 Å². The first kappa shape index (κ1) is 21.8. The van der Waals surface area contributed by atoms with E-state index in [4.69, 9.17) is 0 Å². The zero-order chi connectivity index (χ0) is 23.2. The molecule has 0 aromatic heterocycles. The highest BCUT2D eigenvalue weighted by Gasteiger charge is 2.31. The highest BCUT2D eigenvalue weighted by Crippen LogP contribution is 2.47. The summed E-state index contributed by atoms with van der Waals surface area (Å²) in [6.45, 7) is 1.85. The Morgan fingerprint density at radius 2 is 0.909 bits per heavy atom. The minimum atomic E-state index is -2.99. The third-order valence-electron chi connectivity index (χ3n) is 6.43. The lowest BCUT2D eigenvalue weighted by atomic mass is 10.2. The molecule has 4 nitrogen and oxygen atoms in total. The van der Waals surface area contributed by atoms with E-state index in [0.29, 0.717) is 0 Å². The molecule has 5 rings (SSSR count). The Morgan fingerprint density at radius 3 is 1.33 bits per heavy atom. The number of hydrogen-bond acceptors (Lipinski definition) is 4. The van der Waals surface area contributed by atoms with E-state index >= 15 is 0 Å². The van der Waals surface area contributed by atoms with Gasteiger partial charge in [0, 0.05) is 35.3 Å². The van der Waals surface area contributed by atoms with Crippen LogP contribution in [-0.2, 0) is 9.13 Å². The van der Waals surface area contributed by atoms with Crippen LogP contribution in [0.4, 0.5) is 22.7 Å². The summed E-state index contributed by atoms with van der Waals surface area (Å²) in [6, 6.07) is 31.3. The number of benzene rings is 4. The molecular formula is C27H26N2O2P2. The van der Waals surface area contributed by atoms with Gasteiger partial charge in [-0.3, -0.25) is 0 Å². The number of nitrogens with zero attached hydrogens (tertiary/aromatic N) is 2. The molecule has 0 fully saturated rings. The van der Waals surface area contributed by atoms with Crippen LogP contribution in [0.3, 0.4) is 0 Å². The Balaban J connectivity index is 1.90. The maximum atomic E-state index is 14.6. The number of para-hydroxylation sites is 4. The monoisotopic (exact) mass is 472 g/mol. The largest absolute Gasteiger partial charge is 0.343 e. The van der Waals surface area contributed by atoms with Crippen molar-refractivity contribution in [1.29, 1.82) is 0 Å². The zero-order valence-corrected chi connectivity index (χ0v) is 20.8. The van der Waals surface area contributed by atoms with Gasteiger partial charge in [-0.1, -0.05) is 48.5 Å². The van der Waals surface area contributed by atoms with E-state index in [-0.39, 0.29) is 0 Å². The quantitative estimate of drug-likeness (QED) is 0.338. The third-order valence-corrected chi connectivity index (χ3v) is 10.8. The summed E-state index contributed by atoms with van der Waals surface area (Å²) in [5.41, 5.74) is 3.44. The fourth-order valence-corrected chi connectivity index (χ4v) is 8.74. The molecule has 0 atom stereocenters. The maximum Gasteiger partial charge on any atom is 0.144 e. The van der Waals surface area contributed by atoms with Crippen molar-refractivity contribution in [3.05, 3.63) is 97.1 Å². The summed E-state index contributed by atoms with van der Waals surface area (Å²) < 4.78 is 28.6. The van der Waals surface area contributed by atoms with Crippen molar-refractivity contribution in [3.63, 3.8) is 0 Å². The molecule has 0 unspecified atom stereocenters. The van der Waals surface area contributed by atoms with Gasteiger partial charge in [0.15, 0.2) is 0 Å². The van der Waals surface area contributed by atoms with Crippen LogP contribution in [0.5, 0.6) is 0 Å². The van der Waals surface area contributed by atoms with Gasteiger partial charge in [-0.2, -0.15) is 0 Å². The first-order chi connectivity index (χ1) is 15.9. The topological polar surface area (TPSA) is 40.6 Å². The molecule has 0 bridgehead atoms. The first-order valence-electron chi connectivity index (χ1n) is 10.9. The Morgan fingerprint density at radius 1 is 0.576 bits per heavy atom. The Kier molecular flexibility index (Phi) is 5.52. The van der Waals surface area contributed by atoms with Gasteiger partial charge in [0.1, 0.15) is 14.9 Å². The van der Waals surface area contributed by atoms with Crippen LogP contribution in [0.1, 0.15) is 0 Å². The fraction of sp³-hybridized carbons (Fsp3) is 0.111. The molecule has 0 N–H and O–H groups in total. The van der Waals surface area contributed by atoms with Crippen molar-refractivity contribution in [2.75, 3.05) is 30.6 Å². The lowest BCUT2D eigenvalue weighted by Crippen LogP contribution is -2.30. The SMILES string of the molecule is CN1c2ccccc2[PH](=O)c2ccccc2N(C)c2ccccc2P(C)(=O)c2ccccc21. The average molecular weight is 472 g/mol. The summed E-state index contributed by atoms with van der Waals surface area (Å²) in [5.74, 6) is 0. The molecule has 0 radical (unpaired) electrons. The van der Waals surface area contributed by atoms with Gasteiger partial charge in [-0.25, -0.2) is 0 Å². The van der Waals surface area contributed by atoms with E-state index < -0.39 is 14.9 Å². The molecule has 4 aromatic rings. The molecular weight excluding hydrogens is 446 g/mol. The van der Waals surface area contributed by atoms with Gasteiger partial charge in [0.2, 0.25) is 0 Å². The van der Waals surface area contributed by atoms with E-state index in [1.807, 2.05) is 128 Å². The Labute approximate surface area is 195 Å². The second-order valence-corrected chi connectivity index (χ2v) is 12.9. The Hall–Kier alpha value is -3.06. The highest BCUT2D eigenvalue weighted by atomic mass is 31.2. The number of hydrogen-bond donors (Lipinski definition) is 0. The van der Waals surface area contributed by atoms with E-state index in [2.05, 4.69) is 0 Å². The third kappa shape index (κ3) is 3.55. The van der Waals surface area contributed by atoms with E-state index in [9.17, 15) is 9.13 Å². The summed E-state index contributed by atoms with van der Waals surface area (Å²) in [4.78, 5) is 4.06. The van der Waals surface area contributed by atoms with Crippen LogP contribution in [0.2, 0.25) is 0 Å².